The van der Waals surface area contributed by atoms with Crippen molar-refractivity contribution in [3.8, 4) is 22.9 Å². The number of ether oxygens (including phenoxy) is 2. The van der Waals surface area contributed by atoms with E-state index in [-0.39, 0.29) is 11.9 Å². The van der Waals surface area contributed by atoms with Crippen LogP contribution in [0.4, 0.5) is 5.69 Å². The Bertz CT molecular complexity index is 972. The summed E-state index contributed by atoms with van der Waals surface area (Å²) in [5.41, 5.74) is 2.61. The minimum absolute atomic E-state index is 0.0828. The van der Waals surface area contributed by atoms with Crippen LogP contribution in [-0.4, -0.2) is 40.3 Å². The summed E-state index contributed by atoms with van der Waals surface area (Å²) in [6.45, 7) is 5.86. The number of aromatic nitrogens is 4. The molecule has 1 heterocycles. The Morgan fingerprint density at radius 2 is 1.75 bits per heavy atom. The van der Waals surface area contributed by atoms with E-state index in [0.29, 0.717) is 28.6 Å². The smallest absolute Gasteiger partial charge is 0.255 e. The van der Waals surface area contributed by atoms with Gasteiger partial charge in [0.25, 0.3) is 5.91 Å². The number of carbonyl (C=O) groups excluding carboxylic acids is 1. The van der Waals surface area contributed by atoms with Crippen molar-refractivity contribution < 1.29 is 14.3 Å². The van der Waals surface area contributed by atoms with E-state index in [0.717, 1.165) is 11.1 Å². The molecule has 0 radical (unpaired) electrons. The number of nitrogens with one attached hydrogen (secondary N) is 1. The van der Waals surface area contributed by atoms with Gasteiger partial charge in [-0.2, -0.15) is 0 Å². The largest absolute Gasteiger partial charge is 0.496 e. The SMILES string of the molecule is COc1cc(C(=O)Nc2ccccc2-c2nnnn2C(C)C)cc(OC)c1C. The van der Waals surface area contributed by atoms with E-state index in [1.54, 1.807) is 31.0 Å². The van der Waals surface area contributed by atoms with Crippen LogP contribution in [0.3, 0.4) is 0 Å². The number of tetrazole rings is 1. The number of hydrogen-bond donors (Lipinski definition) is 1. The van der Waals surface area contributed by atoms with Gasteiger partial charge in [0.15, 0.2) is 5.82 Å². The summed E-state index contributed by atoms with van der Waals surface area (Å²) >= 11 is 0. The molecule has 1 amide bonds. The number of rotatable bonds is 6. The molecule has 0 saturated carbocycles. The maximum atomic E-state index is 12.9. The minimum Gasteiger partial charge on any atom is -0.496 e. The Morgan fingerprint density at radius 1 is 1.11 bits per heavy atom. The van der Waals surface area contributed by atoms with Crippen LogP contribution in [0.2, 0.25) is 0 Å². The average Bonchev–Trinajstić information content (AvgIpc) is 3.18. The molecule has 1 aromatic heterocycles. The molecule has 8 heteroatoms. The molecule has 0 atom stereocenters. The third-order valence-electron chi connectivity index (χ3n) is 4.41. The fourth-order valence-corrected chi connectivity index (χ4v) is 2.92. The van der Waals surface area contributed by atoms with Crippen molar-refractivity contribution in [3.05, 3.63) is 47.5 Å². The van der Waals surface area contributed by atoms with Crippen molar-refractivity contribution in [1.29, 1.82) is 0 Å². The molecule has 146 valence electrons. The van der Waals surface area contributed by atoms with Gasteiger partial charge in [-0.3, -0.25) is 4.79 Å². The van der Waals surface area contributed by atoms with Crippen LogP contribution in [0.5, 0.6) is 11.5 Å². The molecule has 1 N–H and O–H groups in total. The van der Waals surface area contributed by atoms with E-state index < -0.39 is 0 Å². The summed E-state index contributed by atoms with van der Waals surface area (Å²) in [7, 11) is 3.12. The summed E-state index contributed by atoms with van der Waals surface area (Å²) in [6, 6.07) is 10.9. The van der Waals surface area contributed by atoms with Crippen molar-refractivity contribution in [1.82, 2.24) is 20.2 Å². The Kier molecular flexibility index (Phi) is 5.58. The van der Waals surface area contributed by atoms with E-state index in [1.807, 2.05) is 45.0 Å². The summed E-state index contributed by atoms with van der Waals surface area (Å²) in [6.07, 6.45) is 0. The zero-order valence-electron chi connectivity index (χ0n) is 16.6. The predicted molar refractivity (Wildman–Crippen MR) is 106 cm³/mol. The molecule has 2 aromatic carbocycles. The van der Waals surface area contributed by atoms with Gasteiger partial charge < -0.3 is 14.8 Å². The number of methoxy groups -OCH3 is 2. The van der Waals surface area contributed by atoms with E-state index >= 15 is 0 Å². The predicted octanol–water partition coefficient (Wildman–Crippen LogP) is 3.50. The fourth-order valence-electron chi connectivity index (χ4n) is 2.92. The van der Waals surface area contributed by atoms with Crippen LogP contribution < -0.4 is 14.8 Å². The molecule has 28 heavy (non-hydrogen) atoms. The molecule has 0 unspecified atom stereocenters. The Balaban J connectivity index is 1.97. The van der Waals surface area contributed by atoms with Gasteiger partial charge in [-0.25, -0.2) is 4.68 Å². The van der Waals surface area contributed by atoms with Gasteiger partial charge >= 0.3 is 0 Å². The second kappa shape index (κ2) is 8.08. The summed E-state index contributed by atoms with van der Waals surface area (Å²) < 4.78 is 12.4. The number of para-hydroxylation sites is 1. The lowest BCUT2D eigenvalue weighted by Crippen LogP contribution is -2.14. The van der Waals surface area contributed by atoms with Gasteiger partial charge in [-0.15, -0.1) is 5.10 Å². The van der Waals surface area contributed by atoms with Gasteiger partial charge in [0.05, 0.1) is 25.9 Å². The zero-order chi connectivity index (χ0) is 20.3. The molecular formula is C20H23N5O3. The lowest BCUT2D eigenvalue weighted by atomic mass is 10.1. The first-order valence-corrected chi connectivity index (χ1v) is 8.87. The third kappa shape index (κ3) is 3.66. The highest BCUT2D eigenvalue weighted by Gasteiger charge is 2.18. The molecule has 0 aliphatic rings. The second-order valence-electron chi connectivity index (χ2n) is 6.55. The van der Waals surface area contributed by atoms with Gasteiger partial charge in [-0.05, 0) is 55.5 Å². The van der Waals surface area contributed by atoms with Crippen LogP contribution >= 0.6 is 0 Å². The third-order valence-corrected chi connectivity index (χ3v) is 4.41. The van der Waals surface area contributed by atoms with Gasteiger partial charge in [0.1, 0.15) is 11.5 Å². The maximum Gasteiger partial charge on any atom is 0.255 e. The quantitative estimate of drug-likeness (QED) is 0.703. The Morgan fingerprint density at radius 3 is 2.36 bits per heavy atom. The number of anilines is 1. The molecule has 0 spiro atoms. The molecule has 0 bridgehead atoms. The highest BCUT2D eigenvalue weighted by Crippen LogP contribution is 2.31. The molecule has 3 aromatic rings. The first-order valence-electron chi connectivity index (χ1n) is 8.87. The van der Waals surface area contributed by atoms with Gasteiger partial charge in [0, 0.05) is 16.7 Å². The van der Waals surface area contributed by atoms with Crippen LogP contribution in [0, 0.1) is 6.92 Å². The van der Waals surface area contributed by atoms with E-state index in [4.69, 9.17) is 9.47 Å². The molecule has 0 aliphatic heterocycles. The Hall–Kier alpha value is -3.42. The van der Waals surface area contributed by atoms with Crippen molar-refractivity contribution in [2.75, 3.05) is 19.5 Å². The number of benzene rings is 2. The monoisotopic (exact) mass is 381 g/mol. The highest BCUT2D eigenvalue weighted by molar-refractivity contribution is 6.06. The lowest BCUT2D eigenvalue weighted by Gasteiger charge is -2.15. The van der Waals surface area contributed by atoms with Crippen molar-refractivity contribution >= 4 is 11.6 Å². The van der Waals surface area contributed by atoms with Crippen LogP contribution in [0.25, 0.3) is 11.4 Å². The molecule has 0 aliphatic carbocycles. The number of carbonyl (C=O) groups is 1. The fraction of sp³-hybridized carbons (Fsp3) is 0.300. The topological polar surface area (TPSA) is 91.2 Å². The zero-order valence-corrected chi connectivity index (χ0v) is 16.6. The van der Waals surface area contributed by atoms with Crippen molar-refractivity contribution in [3.63, 3.8) is 0 Å². The number of hydrogen-bond acceptors (Lipinski definition) is 6. The molecule has 0 fully saturated rings. The second-order valence-corrected chi connectivity index (χ2v) is 6.55. The number of nitrogens with zero attached hydrogens (tertiary/aromatic N) is 4. The molecule has 0 saturated heterocycles. The van der Waals surface area contributed by atoms with Crippen molar-refractivity contribution in [2.24, 2.45) is 0 Å². The summed E-state index contributed by atoms with van der Waals surface area (Å²) in [4.78, 5) is 12.9. The van der Waals surface area contributed by atoms with E-state index in [1.165, 1.54) is 0 Å². The normalized spacial score (nSPS) is 10.8. The summed E-state index contributed by atoms with van der Waals surface area (Å²) in [5, 5.41) is 14.9. The van der Waals surface area contributed by atoms with E-state index in [9.17, 15) is 4.79 Å². The number of amides is 1. The molecule has 8 nitrogen and oxygen atoms in total. The first-order chi connectivity index (χ1) is 13.5. The standard InChI is InChI=1S/C20H23N5O3/c1-12(2)25-19(22-23-24-25)15-8-6-7-9-16(15)21-20(26)14-10-17(27-4)13(3)18(11-14)28-5/h6-12H,1-5H3,(H,21,26). The Labute approximate surface area is 163 Å². The molecular weight excluding hydrogens is 358 g/mol. The van der Waals surface area contributed by atoms with Gasteiger partial charge in [-0.1, -0.05) is 12.1 Å². The summed E-state index contributed by atoms with van der Waals surface area (Å²) in [5.74, 6) is 1.47. The van der Waals surface area contributed by atoms with Crippen LogP contribution in [0.15, 0.2) is 36.4 Å². The van der Waals surface area contributed by atoms with Crippen molar-refractivity contribution in [2.45, 2.75) is 26.8 Å². The minimum atomic E-state index is -0.285. The van der Waals surface area contributed by atoms with Crippen LogP contribution in [0.1, 0.15) is 35.8 Å². The van der Waals surface area contributed by atoms with Gasteiger partial charge in [0.2, 0.25) is 0 Å². The maximum absolute atomic E-state index is 12.9. The lowest BCUT2D eigenvalue weighted by molar-refractivity contribution is 0.102. The average molecular weight is 381 g/mol. The van der Waals surface area contributed by atoms with E-state index in [2.05, 4.69) is 20.8 Å². The first kappa shape index (κ1) is 19.3. The highest BCUT2D eigenvalue weighted by atomic mass is 16.5. The molecule has 3 rings (SSSR count). The van der Waals surface area contributed by atoms with Crippen LogP contribution in [-0.2, 0) is 0 Å².